The number of thiophene rings is 1. The molecule has 0 spiro atoms. The van der Waals surface area contributed by atoms with E-state index < -0.39 is 0 Å². The molecule has 0 aliphatic carbocycles. The van der Waals surface area contributed by atoms with Crippen LogP contribution >= 0.6 is 11.3 Å². The van der Waals surface area contributed by atoms with Gasteiger partial charge in [-0.25, -0.2) is 9.97 Å². The van der Waals surface area contributed by atoms with Gasteiger partial charge in [0.1, 0.15) is 16.5 Å². The van der Waals surface area contributed by atoms with Crippen molar-refractivity contribution >= 4 is 33.3 Å². The molecule has 0 unspecified atom stereocenters. The lowest BCUT2D eigenvalue weighted by molar-refractivity contribution is 0.0954. The van der Waals surface area contributed by atoms with Gasteiger partial charge in [0.15, 0.2) is 0 Å². The van der Waals surface area contributed by atoms with Crippen molar-refractivity contribution in [1.82, 2.24) is 25.1 Å². The molecule has 1 aromatic carbocycles. The van der Waals surface area contributed by atoms with Crippen LogP contribution in [0.5, 0.6) is 0 Å². The van der Waals surface area contributed by atoms with Crippen molar-refractivity contribution < 1.29 is 4.79 Å². The van der Waals surface area contributed by atoms with Gasteiger partial charge in [0.25, 0.3) is 5.91 Å². The third kappa shape index (κ3) is 3.59. The third-order valence-corrected chi connectivity index (χ3v) is 5.67. The summed E-state index contributed by atoms with van der Waals surface area (Å²) in [4.78, 5) is 23.1. The molecule has 28 heavy (non-hydrogen) atoms. The van der Waals surface area contributed by atoms with Crippen LogP contribution in [0.3, 0.4) is 0 Å². The molecule has 0 bridgehead atoms. The molecular weight excluding hydrogens is 372 g/mol. The van der Waals surface area contributed by atoms with Crippen LogP contribution in [0.1, 0.15) is 32.2 Å². The van der Waals surface area contributed by atoms with E-state index in [0.29, 0.717) is 29.5 Å². The van der Waals surface area contributed by atoms with Crippen molar-refractivity contribution in [1.29, 1.82) is 0 Å². The Hall–Kier alpha value is -3.26. The van der Waals surface area contributed by atoms with Gasteiger partial charge in [-0.1, -0.05) is 30.3 Å². The molecule has 3 N–H and O–H groups in total. The second-order valence-corrected chi connectivity index (χ2v) is 7.63. The smallest absolute Gasteiger partial charge is 0.261 e. The Bertz CT molecular complexity index is 1150. The zero-order valence-electron chi connectivity index (χ0n) is 15.6. The molecule has 3 heterocycles. The summed E-state index contributed by atoms with van der Waals surface area (Å²) < 4.78 is 1.71. The first-order valence-electron chi connectivity index (χ1n) is 8.86. The molecule has 0 aliphatic heterocycles. The van der Waals surface area contributed by atoms with E-state index in [1.807, 2.05) is 50.5 Å². The lowest BCUT2D eigenvalue weighted by atomic mass is 10.1. The van der Waals surface area contributed by atoms with Crippen LogP contribution < -0.4 is 11.1 Å². The topological polar surface area (TPSA) is 98.7 Å². The third-order valence-electron chi connectivity index (χ3n) is 4.49. The SMILES string of the molecule is Cc1c(C(=O)NCc2cnn(C)c2)sc2nc(Cc3ccccc3)nc(N)c12. The maximum Gasteiger partial charge on any atom is 0.261 e. The highest BCUT2D eigenvalue weighted by Gasteiger charge is 2.19. The van der Waals surface area contributed by atoms with Crippen LogP contribution in [-0.2, 0) is 20.0 Å². The number of benzene rings is 1. The number of nitrogens with one attached hydrogen (secondary N) is 1. The number of carbonyl (C=O) groups excluding carboxylic acids is 1. The molecule has 142 valence electrons. The fourth-order valence-electron chi connectivity index (χ4n) is 3.12. The number of aromatic nitrogens is 4. The lowest BCUT2D eigenvalue weighted by Crippen LogP contribution is -2.22. The van der Waals surface area contributed by atoms with Crippen LogP contribution in [0.2, 0.25) is 0 Å². The van der Waals surface area contributed by atoms with Crippen LogP contribution in [0.4, 0.5) is 5.82 Å². The molecule has 7 nitrogen and oxygen atoms in total. The Morgan fingerprint density at radius 2 is 2.00 bits per heavy atom. The molecule has 1 amide bonds. The van der Waals surface area contributed by atoms with Crippen LogP contribution in [0, 0.1) is 6.92 Å². The average molecular weight is 392 g/mol. The summed E-state index contributed by atoms with van der Waals surface area (Å²) in [5.41, 5.74) is 9.08. The first kappa shape index (κ1) is 18.1. The summed E-state index contributed by atoms with van der Waals surface area (Å²) in [5.74, 6) is 0.920. The maximum absolute atomic E-state index is 12.7. The minimum Gasteiger partial charge on any atom is -0.383 e. The molecule has 0 fully saturated rings. The summed E-state index contributed by atoms with van der Waals surface area (Å²) in [6.45, 7) is 2.30. The zero-order chi connectivity index (χ0) is 19.7. The number of nitrogens with zero attached hydrogens (tertiary/aromatic N) is 4. The summed E-state index contributed by atoms with van der Waals surface area (Å²) in [5, 5.41) is 7.80. The quantitative estimate of drug-likeness (QED) is 0.544. The minimum absolute atomic E-state index is 0.145. The van der Waals surface area contributed by atoms with E-state index in [0.717, 1.165) is 26.9 Å². The minimum atomic E-state index is -0.145. The summed E-state index contributed by atoms with van der Waals surface area (Å²) in [7, 11) is 1.84. The van der Waals surface area contributed by atoms with Gasteiger partial charge in [-0.3, -0.25) is 9.48 Å². The van der Waals surface area contributed by atoms with Crippen molar-refractivity contribution in [3.8, 4) is 0 Å². The van der Waals surface area contributed by atoms with Crippen molar-refractivity contribution in [3.05, 3.63) is 70.1 Å². The Balaban J connectivity index is 1.60. The highest BCUT2D eigenvalue weighted by Crippen LogP contribution is 2.33. The maximum atomic E-state index is 12.7. The lowest BCUT2D eigenvalue weighted by Gasteiger charge is -2.04. The number of amides is 1. The second kappa shape index (κ2) is 7.40. The second-order valence-electron chi connectivity index (χ2n) is 6.63. The fraction of sp³-hybridized carbons (Fsp3) is 0.200. The standard InChI is InChI=1S/C20H20N6OS/c1-12-16-18(21)24-15(8-13-6-4-3-5-7-13)25-20(16)28-17(12)19(27)22-9-14-10-23-26(2)11-14/h3-7,10-11H,8-9H2,1-2H3,(H,22,27)(H2,21,24,25). The van der Waals surface area contributed by atoms with Crippen molar-refractivity contribution in [2.75, 3.05) is 5.73 Å². The Labute approximate surface area is 166 Å². The van der Waals surface area contributed by atoms with Crippen molar-refractivity contribution in [2.24, 2.45) is 7.05 Å². The number of carbonyl (C=O) groups is 1. The normalized spacial score (nSPS) is 11.1. The zero-order valence-corrected chi connectivity index (χ0v) is 16.5. The largest absolute Gasteiger partial charge is 0.383 e. The van der Waals surface area contributed by atoms with Gasteiger partial charge < -0.3 is 11.1 Å². The predicted octanol–water partition coefficient (Wildman–Crippen LogP) is 2.84. The monoisotopic (exact) mass is 392 g/mol. The van der Waals surface area contributed by atoms with E-state index in [1.165, 1.54) is 11.3 Å². The molecule has 0 saturated carbocycles. The molecule has 8 heteroatoms. The highest BCUT2D eigenvalue weighted by atomic mass is 32.1. The number of hydrogen-bond acceptors (Lipinski definition) is 6. The molecular formula is C20H20N6OS. The van der Waals surface area contributed by atoms with E-state index >= 15 is 0 Å². The molecule has 3 aromatic heterocycles. The van der Waals surface area contributed by atoms with E-state index in [-0.39, 0.29) is 5.91 Å². The van der Waals surface area contributed by atoms with Gasteiger partial charge in [-0.05, 0) is 18.1 Å². The fourth-order valence-corrected chi connectivity index (χ4v) is 4.24. The van der Waals surface area contributed by atoms with Gasteiger partial charge in [-0.2, -0.15) is 5.10 Å². The molecule has 0 radical (unpaired) electrons. The molecule has 0 atom stereocenters. The van der Waals surface area contributed by atoms with Crippen molar-refractivity contribution in [3.63, 3.8) is 0 Å². The first-order chi connectivity index (χ1) is 13.5. The summed E-state index contributed by atoms with van der Waals surface area (Å²) >= 11 is 1.35. The Morgan fingerprint density at radius 1 is 1.21 bits per heavy atom. The van der Waals surface area contributed by atoms with E-state index in [1.54, 1.807) is 10.9 Å². The first-order valence-corrected chi connectivity index (χ1v) is 9.68. The van der Waals surface area contributed by atoms with E-state index in [4.69, 9.17) is 5.73 Å². The van der Waals surface area contributed by atoms with Crippen LogP contribution in [0.15, 0.2) is 42.7 Å². The number of rotatable bonds is 5. The number of nitrogen functional groups attached to an aromatic ring is 1. The number of nitrogens with two attached hydrogens (primary N) is 1. The van der Waals surface area contributed by atoms with Gasteiger partial charge in [0.2, 0.25) is 0 Å². The number of fused-ring (bicyclic) bond motifs is 1. The molecule has 0 saturated heterocycles. The predicted molar refractivity (Wildman–Crippen MR) is 110 cm³/mol. The number of aryl methyl sites for hydroxylation is 2. The van der Waals surface area contributed by atoms with E-state index in [2.05, 4.69) is 20.4 Å². The molecule has 4 aromatic rings. The van der Waals surface area contributed by atoms with E-state index in [9.17, 15) is 4.79 Å². The van der Waals surface area contributed by atoms with Crippen molar-refractivity contribution in [2.45, 2.75) is 19.9 Å². The highest BCUT2D eigenvalue weighted by molar-refractivity contribution is 7.20. The molecule has 4 rings (SSSR count). The molecule has 0 aliphatic rings. The van der Waals surface area contributed by atoms with Gasteiger partial charge in [0.05, 0.1) is 16.5 Å². The van der Waals surface area contributed by atoms with Crippen LogP contribution in [0.25, 0.3) is 10.2 Å². The van der Waals surface area contributed by atoms with Gasteiger partial charge in [-0.15, -0.1) is 11.3 Å². The number of hydrogen-bond donors (Lipinski definition) is 2. The summed E-state index contributed by atoms with van der Waals surface area (Å²) in [6.07, 6.45) is 4.20. The van der Waals surface area contributed by atoms with Gasteiger partial charge in [0, 0.05) is 31.8 Å². The van der Waals surface area contributed by atoms with Crippen LogP contribution in [-0.4, -0.2) is 25.7 Å². The Kier molecular flexibility index (Phi) is 4.79. The summed E-state index contributed by atoms with van der Waals surface area (Å²) in [6, 6.07) is 10.00. The van der Waals surface area contributed by atoms with Gasteiger partial charge >= 0.3 is 0 Å². The average Bonchev–Trinajstić information content (AvgIpc) is 3.24. The Morgan fingerprint density at radius 3 is 2.71 bits per heavy atom. The number of anilines is 1.